The van der Waals surface area contributed by atoms with Crippen LogP contribution in [-0.2, 0) is 11.3 Å². The van der Waals surface area contributed by atoms with E-state index in [9.17, 15) is 9.59 Å². The molecule has 0 spiro atoms. The summed E-state index contributed by atoms with van der Waals surface area (Å²) in [6.45, 7) is 4.01. The molecule has 1 fully saturated rings. The van der Waals surface area contributed by atoms with Crippen LogP contribution in [0.15, 0.2) is 71.5 Å². The number of nitrogens with one attached hydrogen (secondary N) is 1. The molecule has 1 aliphatic rings. The number of rotatable bonds is 9. The van der Waals surface area contributed by atoms with Crippen molar-refractivity contribution in [1.29, 1.82) is 0 Å². The third kappa shape index (κ3) is 5.24. The van der Waals surface area contributed by atoms with Crippen molar-refractivity contribution in [2.24, 2.45) is 0 Å². The van der Waals surface area contributed by atoms with Crippen molar-refractivity contribution < 1.29 is 23.8 Å². The quantitative estimate of drug-likeness (QED) is 0.332. The number of benzene rings is 3. The topological polar surface area (TPSA) is 93.0 Å². The molecular weight excluding hydrogens is 486 g/mol. The van der Waals surface area contributed by atoms with Crippen molar-refractivity contribution in [3.05, 3.63) is 88.3 Å². The van der Waals surface area contributed by atoms with Gasteiger partial charge in [-0.15, -0.1) is 0 Å². The van der Waals surface area contributed by atoms with E-state index < -0.39 is 5.91 Å². The maximum atomic E-state index is 13.8. The average molecular weight is 518 g/mol. The van der Waals surface area contributed by atoms with Crippen LogP contribution in [0.2, 0.25) is 0 Å². The Hall–Kier alpha value is -4.24. The summed E-state index contributed by atoms with van der Waals surface area (Å²) in [5.41, 5.74) is 5.15. The number of hydrogen-bond donors (Lipinski definition) is 1. The smallest absolute Gasteiger partial charge is 0.329 e. The van der Waals surface area contributed by atoms with E-state index in [1.165, 1.54) is 0 Å². The van der Waals surface area contributed by atoms with Gasteiger partial charge < -0.3 is 19.0 Å². The molecule has 0 aliphatic carbocycles. The fourth-order valence-corrected chi connectivity index (χ4v) is 4.81. The van der Waals surface area contributed by atoms with Gasteiger partial charge in [-0.05, 0) is 56.2 Å². The zero-order valence-electron chi connectivity index (χ0n) is 21.5. The zero-order chi connectivity index (χ0) is 26.5. The second kappa shape index (κ2) is 11.4. The minimum Gasteiger partial charge on any atom is -0.496 e. The molecule has 1 aliphatic heterocycles. The summed E-state index contributed by atoms with van der Waals surface area (Å²) in [4.78, 5) is 31.8. The highest BCUT2D eigenvalue weighted by Crippen LogP contribution is 2.29. The van der Waals surface area contributed by atoms with Gasteiger partial charge in [-0.3, -0.25) is 13.9 Å². The van der Waals surface area contributed by atoms with E-state index in [1.54, 1.807) is 42.0 Å². The van der Waals surface area contributed by atoms with E-state index in [-0.39, 0.29) is 18.3 Å². The first-order chi connectivity index (χ1) is 18.6. The van der Waals surface area contributed by atoms with Crippen molar-refractivity contribution in [3.63, 3.8) is 0 Å². The molecule has 0 bridgehead atoms. The highest BCUT2D eigenvalue weighted by molar-refractivity contribution is 5.94. The van der Waals surface area contributed by atoms with Crippen LogP contribution in [0.4, 0.5) is 0 Å². The van der Waals surface area contributed by atoms with E-state index >= 15 is 0 Å². The van der Waals surface area contributed by atoms with Gasteiger partial charge in [0.05, 0.1) is 31.3 Å². The van der Waals surface area contributed by atoms with Crippen LogP contribution in [-0.4, -0.2) is 42.0 Å². The Bertz CT molecular complexity index is 1470. The molecule has 0 saturated carbocycles. The lowest BCUT2D eigenvalue weighted by atomic mass is 10.1. The minimum atomic E-state index is -0.407. The van der Waals surface area contributed by atoms with E-state index in [0.717, 1.165) is 35.2 Å². The molecular formula is C29H31N3O6. The molecule has 5 rings (SSSR count). The van der Waals surface area contributed by atoms with Crippen LogP contribution in [0.5, 0.6) is 17.2 Å². The Labute approximate surface area is 220 Å². The number of hydroxylamine groups is 1. The fraction of sp³-hybridized carbons (Fsp3) is 0.310. The fourth-order valence-electron chi connectivity index (χ4n) is 4.81. The predicted molar refractivity (Wildman–Crippen MR) is 143 cm³/mol. The summed E-state index contributed by atoms with van der Waals surface area (Å²) in [6.07, 6.45) is 1.55. The first kappa shape index (κ1) is 25.4. The summed E-state index contributed by atoms with van der Waals surface area (Å²) in [5, 5.41) is 0. The highest BCUT2D eigenvalue weighted by Gasteiger charge is 2.24. The minimum absolute atomic E-state index is 0.0504. The highest BCUT2D eigenvalue weighted by atomic mass is 16.7. The molecule has 2 heterocycles. The Morgan fingerprint density at radius 3 is 2.53 bits per heavy atom. The number of carbonyl (C=O) groups excluding carboxylic acids is 1. The lowest BCUT2D eigenvalue weighted by molar-refractivity contribution is 0.0696. The average Bonchev–Trinajstić information content (AvgIpc) is 3.23. The van der Waals surface area contributed by atoms with Crippen molar-refractivity contribution in [2.45, 2.75) is 32.4 Å². The Morgan fingerprint density at radius 2 is 1.79 bits per heavy atom. The van der Waals surface area contributed by atoms with Gasteiger partial charge in [0, 0.05) is 36.4 Å². The normalized spacial score (nSPS) is 13.8. The van der Waals surface area contributed by atoms with Gasteiger partial charge in [0.15, 0.2) is 5.75 Å². The van der Waals surface area contributed by atoms with Gasteiger partial charge in [-0.1, -0.05) is 24.3 Å². The molecule has 3 aromatic carbocycles. The van der Waals surface area contributed by atoms with Crippen molar-refractivity contribution >= 4 is 16.9 Å². The van der Waals surface area contributed by atoms with Crippen LogP contribution >= 0.6 is 0 Å². The summed E-state index contributed by atoms with van der Waals surface area (Å²) in [7, 11) is 1.55. The van der Waals surface area contributed by atoms with Crippen molar-refractivity contribution in [1.82, 2.24) is 14.6 Å². The molecule has 0 atom stereocenters. The van der Waals surface area contributed by atoms with Crippen LogP contribution in [0.3, 0.4) is 0 Å². The summed E-state index contributed by atoms with van der Waals surface area (Å²) < 4.78 is 20.5. The van der Waals surface area contributed by atoms with Crippen LogP contribution in [0.1, 0.15) is 41.7 Å². The standard InChI is InChI=1S/C29H31N3O6/c1-3-37-24-11-12-25-26(18-24)32(22-13-15-36-16-14-22)29(34)31(25)19-21-10-9-20(17-27(21)35-2)28(33)30-38-23-7-5-4-6-8-23/h4-12,17-18,22H,3,13-16,19H2,1-2H3,(H,30,33). The van der Waals surface area contributed by atoms with E-state index in [1.807, 2.05) is 47.9 Å². The maximum absolute atomic E-state index is 13.8. The number of nitrogens with zero attached hydrogens (tertiary/aromatic N) is 2. The molecule has 9 heteroatoms. The number of hydrogen-bond acceptors (Lipinski definition) is 6. The molecule has 198 valence electrons. The zero-order valence-corrected chi connectivity index (χ0v) is 21.5. The molecule has 1 N–H and O–H groups in total. The molecule has 0 radical (unpaired) electrons. The summed E-state index contributed by atoms with van der Waals surface area (Å²) in [5.74, 6) is 1.35. The summed E-state index contributed by atoms with van der Waals surface area (Å²) >= 11 is 0. The largest absolute Gasteiger partial charge is 0.496 e. The van der Waals surface area contributed by atoms with Crippen molar-refractivity contribution in [2.75, 3.05) is 26.9 Å². The number of amides is 1. The van der Waals surface area contributed by atoms with Gasteiger partial charge in [-0.2, -0.15) is 5.48 Å². The van der Waals surface area contributed by atoms with Gasteiger partial charge >= 0.3 is 5.69 Å². The molecule has 0 unspecified atom stereocenters. The molecule has 1 saturated heterocycles. The van der Waals surface area contributed by atoms with Crippen LogP contribution < -0.4 is 25.5 Å². The van der Waals surface area contributed by atoms with E-state index in [0.29, 0.717) is 36.9 Å². The van der Waals surface area contributed by atoms with Crippen LogP contribution in [0, 0.1) is 0 Å². The third-order valence-electron chi connectivity index (χ3n) is 6.68. The van der Waals surface area contributed by atoms with E-state index in [2.05, 4.69) is 5.48 Å². The molecule has 38 heavy (non-hydrogen) atoms. The first-order valence-electron chi connectivity index (χ1n) is 12.7. The third-order valence-corrected chi connectivity index (χ3v) is 6.68. The molecule has 9 nitrogen and oxygen atoms in total. The molecule has 1 amide bonds. The predicted octanol–water partition coefficient (Wildman–Crippen LogP) is 4.33. The summed E-state index contributed by atoms with van der Waals surface area (Å²) in [6, 6.07) is 19.9. The Kier molecular flexibility index (Phi) is 7.65. The second-order valence-electron chi connectivity index (χ2n) is 9.04. The van der Waals surface area contributed by atoms with E-state index in [4.69, 9.17) is 19.0 Å². The Morgan fingerprint density at radius 1 is 1.00 bits per heavy atom. The number of fused-ring (bicyclic) bond motifs is 1. The van der Waals surface area contributed by atoms with Gasteiger partial charge in [0.1, 0.15) is 11.5 Å². The van der Waals surface area contributed by atoms with Gasteiger partial charge in [0.2, 0.25) is 0 Å². The Balaban J connectivity index is 1.45. The maximum Gasteiger partial charge on any atom is 0.329 e. The monoisotopic (exact) mass is 517 g/mol. The second-order valence-corrected chi connectivity index (χ2v) is 9.04. The van der Waals surface area contributed by atoms with Gasteiger partial charge in [0.25, 0.3) is 5.91 Å². The number of ether oxygens (including phenoxy) is 3. The van der Waals surface area contributed by atoms with Crippen molar-refractivity contribution in [3.8, 4) is 17.2 Å². The van der Waals surface area contributed by atoms with Gasteiger partial charge in [-0.25, -0.2) is 4.79 Å². The number of para-hydroxylation sites is 1. The van der Waals surface area contributed by atoms with Crippen LogP contribution in [0.25, 0.3) is 11.0 Å². The number of imidazole rings is 1. The SMILES string of the molecule is CCOc1ccc2c(c1)n(C1CCOCC1)c(=O)n2Cc1ccc(C(=O)NOc2ccccc2)cc1OC. The lowest BCUT2D eigenvalue weighted by Crippen LogP contribution is -2.31. The molecule has 1 aromatic heterocycles. The lowest BCUT2D eigenvalue weighted by Gasteiger charge is -2.23. The number of aromatic nitrogens is 2. The number of methoxy groups -OCH3 is 1. The number of carbonyl (C=O) groups is 1. The first-order valence-corrected chi connectivity index (χ1v) is 12.7. The molecule has 4 aromatic rings.